The van der Waals surface area contributed by atoms with E-state index in [1.165, 1.54) is 16.7 Å². The van der Waals surface area contributed by atoms with E-state index < -0.39 is 0 Å². The van der Waals surface area contributed by atoms with Gasteiger partial charge in [0.2, 0.25) is 0 Å². The molecule has 0 radical (unpaired) electrons. The minimum absolute atomic E-state index is 0.675. The largest absolute Gasteiger partial charge is 0.494 e. The molecule has 0 saturated heterocycles. The second kappa shape index (κ2) is 10.0. The minimum atomic E-state index is 0.675. The van der Waals surface area contributed by atoms with Crippen molar-refractivity contribution in [2.75, 3.05) is 33.5 Å². The minimum Gasteiger partial charge on any atom is -0.494 e. The second-order valence-corrected chi connectivity index (χ2v) is 5.55. The van der Waals surface area contributed by atoms with Crippen molar-refractivity contribution < 1.29 is 14.2 Å². The molecule has 0 aromatic heterocycles. The monoisotopic (exact) mass is 314 g/mol. The fraction of sp³-hybridized carbons (Fsp3) is 0.400. The van der Waals surface area contributed by atoms with Crippen LogP contribution in [-0.4, -0.2) is 33.5 Å². The van der Waals surface area contributed by atoms with E-state index in [-0.39, 0.29) is 0 Å². The van der Waals surface area contributed by atoms with E-state index in [1.807, 2.05) is 12.1 Å². The van der Waals surface area contributed by atoms with Gasteiger partial charge in [0.25, 0.3) is 0 Å². The van der Waals surface area contributed by atoms with Crippen molar-refractivity contribution in [2.24, 2.45) is 0 Å². The molecule has 0 spiro atoms. The summed E-state index contributed by atoms with van der Waals surface area (Å²) in [5.41, 5.74) is 3.71. The van der Waals surface area contributed by atoms with Crippen molar-refractivity contribution >= 4 is 0 Å². The van der Waals surface area contributed by atoms with Crippen LogP contribution in [0, 0.1) is 6.92 Å². The molecule has 2 rings (SSSR count). The van der Waals surface area contributed by atoms with Gasteiger partial charge in [-0.3, -0.25) is 0 Å². The van der Waals surface area contributed by atoms with Crippen LogP contribution in [0.4, 0.5) is 0 Å². The van der Waals surface area contributed by atoms with Crippen LogP contribution in [0.15, 0.2) is 48.5 Å². The SMILES string of the molecule is COCCCOCCCOc1ccc(-c2ccc(C)cc2)cc1. The number of rotatable bonds is 10. The Hall–Kier alpha value is -1.84. The van der Waals surface area contributed by atoms with Gasteiger partial charge in [-0.1, -0.05) is 42.0 Å². The molecule has 0 aliphatic heterocycles. The van der Waals surface area contributed by atoms with E-state index in [0.717, 1.165) is 38.4 Å². The van der Waals surface area contributed by atoms with Crippen molar-refractivity contribution in [3.63, 3.8) is 0 Å². The number of hydrogen-bond donors (Lipinski definition) is 0. The molecule has 124 valence electrons. The van der Waals surface area contributed by atoms with E-state index in [2.05, 4.69) is 43.3 Å². The van der Waals surface area contributed by atoms with Crippen LogP contribution >= 0.6 is 0 Å². The molecule has 0 N–H and O–H groups in total. The average Bonchev–Trinajstić information content (AvgIpc) is 2.59. The Bertz CT molecular complexity index is 546. The first kappa shape index (κ1) is 17.5. The molecule has 2 aromatic rings. The number of benzene rings is 2. The zero-order valence-electron chi connectivity index (χ0n) is 14.1. The first-order valence-corrected chi connectivity index (χ1v) is 8.16. The molecule has 23 heavy (non-hydrogen) atoms. The summed E-state index contributed by atoms with van der Waals surface area (Å²) in [5, 5.41) is 0. The summed E-state index contributed by atoms with van der Waals surface area (Å²) in [6.45, 7) is 5.00. The molecule has 3 nitrogen and oxygen atoms in total. The Balaban J connectivity index is 1.68. The molecule has 2 aromatic carbocycles. The lowest BCUT2D eigenvalue weighted by Gasteiger charge is -2.08. The highest BCUT2D eigenvalue weighted by Gasteiger charge is 1.99. The summed E-state index contributed by atoms with van der Waals surface area (Å²) < 4.78 is 16.2. The molecule has 0 aliphatic carbocycles. The van der Waals surface area contributed by atoms with Crippen LogP contribution in [0.5, 0.6) is 5.75 Å². The quantitative estimate of drug-likeness (QED) is 0.605. The zero-order valence-corrected chi connectivity index (χ0v) is 14.1. The zero-order chi connectivity index (χ0) is 16.3. The van der Waals surface area contributed by atoms with Gasteiger partial charge in [-0.25, -0.2) is 0 Å². The van der Waals surface area contributed by atoms with Crippen molar-refractivity contribution in [1.82, 2.24) is 0 Å². The molecule has 0 fully saturated rings. The fourth-order valence-electron chi connectivity index (χ4n) is 2.25. The van der Waals surface area contributed by atoms with Gasteiger partial charge in [0.05, 0.1) is 6.61 Å². The van der Waals surface area contributed by atoms with Crippen LogP contribution in [0.25, 0.3) is 11.1 Å². The highest BCUT2D eigenvalue weighted by molar-refractivity contribution is 5.64. The summed E-state index contributed by atoms with van der Waals surface area (Å²) in [6, 6.07) is 16.8. The highest BCUT2D eigenvalue weighted by atomic mass is 16.5. The van der Waals surface area contributed by atoms with Gasteiger partial charge in [-0.05, 0) is 36.6 Å². The highest BCUT2D eigenvalue weighted by Crippen LogP contribution is 2.22. The van der Waals surface area contributed by atoms with Gasteiger partial charge in [0.1, 0.15) is 5.75 Å². The maximum Gasteiger partial charge on any atom is 0.119 e. The lowest BCUT2D eigenvalue weighted by Crippen LogP contribution is -2.05. The summed E-state index contributed by atoms with van der Waals surface area (Å²) in [7, 11) is 1.71. The number of ether oxygens (including phenoxy) is 3. The van der Waals surface area contributed by atoms with Gasteiger partial charge in [-0.2, -0.15) is 0 Å². The van der Waals surface area contributed by atoms with E-state index in [4.69, 9.17) is 14.2 Å². The average molecular weight is 314 g/mol. The molecule has 3 heteroatoms. The standard InChI is InChI=1S/C20H26O3/c1-17-5-7-18(8-6-17)19-9-11-20(12-10-19)23-16-4-15-22-14-3-13-21-2/h5-12H,3-4,13-16H2,1-2H3. The number of hydrogen-bond acceptors (Lipinski definition) is 3. The van der Waals surface area contributed by atoms with Gasteiger partial charge < -0.3 is 14.2 Å². The van der Waals surface area contributed by atoms with Gasteiger partial charge in [0, 0.05) is 33.4 Å². The number of methoxy groups -OCH3 is 1. The third-order valence-corrected chi connectivity index (χ3v) is 3.58. The molecular formula is C20H26O3. The molecular weight excluding hydrogens is 288 g/mol. The summed E-state index contributed by atoms with van der Waals surface area (Å²) in [5.74, 6) is 0.903. The maximum absolute atomic E-state index is 5.74. The molecule has 0 bridgehead atoms. The first-order valence-electron chi connectivity index (χ1n) is 8.16. The van der Waals surface area contributed by atoms with Gasteiger partial charge in [-0.15, -0.1) is 0 Å². The molecule has 0 amide bonds. The van der Waals surface area contributed by atoms with Crippen LogP contribution in [-0.2, 0) is 9.47 Å². The second-order valence-electron chi connectivity index (χ2n) is 5.55. The Morgan fingerprint density at radius 1 is 0.696 bits per heavy atom. The van der Waals surface area contributed by atoms with Gasteiger partial charge >= 0.3 is 0 Å². The molecule has 0 aliphatic rings. The van der Waals surface area contributed by atoms with Crippen LogP contribution in [0.1, 0.15) is 18.4 Å². The Kier molecular flexibility index (Phi) is 7.64. The Morgan fingerprint density at radius 2 is 1.26 bits per heavy atom. The maximum atomic E-state index is 5.74. The summed E-state index contributed by atoms with van der Waals surface area (Å²) in [4.78, 5) is 0. The molecule has 0 heterocycles. The Morgan fingerprint density at radius 3 is 1.87 bits per heavy atom. The van der Waals surface area contributed by atoms with E-state index in [0.29, 0.717) is 6.61 Å². The first-order chi connectivity index (χ1) is 11.3. The van der Waals surface area contributed by atoms with E-state index in [1.54, 1.807) is 7.11 Å². The predicted octanol–water partition coefficient (Wildman–Crippen LogP) is 4.48. The molecule has 0 atom stereocenters. The predicted molar refractivity (Wildman–Crippen MR) is 94.0 cm³/mol. The smallest absolute Gasteiger partial charge is 0.119 e. The van der Waals surface area contributed by atoms with E-state index in [9.17, 15) is 0 Å². The topological polar surface area (TPSA) is 27.7 Å². The van der Waals surface area contributed by atoms with Crippen molar-refractivity contribution in [2.45, 2.75) is 19.8 Å². The third-order valence-electron chi connectivity index (χ3n) is 3.58. The lowest BCUT2D eigenvalue weighted by atomic mass is 10.0. The fourth-order valence-corrected chi connectivity index (χ4v) is 2.25. The molecule has 0 saturated carbocycles. The van der Waals surface area contributed by atoms with Crippen LogP contribution in [0.2, 0.25) is 0 Å². The van der Waals surface area contributed by atoms with Gasteiger partial charge in [0.15, 0.2) is 0 Å². The van der Waals surface area contributed by atoms with Crippen molar-refractivity contribution in [1.29, 1.82) is 0 Å². The lowest BCUT2D eigenvalue weighted by molar-refractivity contribution is 0.0940. The van der Waals surface area contributed by atoms with E-state index >= 15 is 0 Å². The summed E-state index contributed by atoms with van der Waals surface area (Å²) in [6.07, 6.45) is 1.84. The summed E-state index contributed by atoms with van der Waals surface area (Å²) >= 11 is 0. The normalized spacial score (nSPS) is 10.7. The van der Waals surface area contributed by atoms with Crippen molar-refractivity contribution in [3.8, 4) is 16.9 Å². The molecule has 0 unspecified atom stereocenters. The number of aryl methyl sites for hydroxylation is 1. The van der Waals surface area contributed by atoms with Crippen LogP contribution < -0.4 is 4.74 Å². The third kappa shape index (κ3) is 6.43. The van der Waals surface area contributed by atoms with Crippen LogP contribution in [0.3, 0.4) is 0 Å². The Labute approximate surface area is 139 Å². The van der Waals surface area contributed by atoms with Crippen molar-refractivity contribution in [3.05, 3.63) is 54.1 Å².